The van der Waals surface area contributed by atoms with Crippen molar-refractivity contribution in [2.75, 3.05) is 13.0 Å². The van der Waals surface area contributed by atoms with Gasteiger partial charge in [0.2, 0.25) is 0 Å². The topological polar surface area (TPSA) is 23.3 Å². The van der Waals surface area contributed by atoms with Gasteiger partial charge in [0.1, 0.15) is 0 Å². The molecule has 2 nitrogen and oxygen atoms in total. The highest BCUT2D eigenvalue weighted by atomic mass is 32.2. The molecule has 1 radical (unpaired) electrons. The minimum absolute atomic E-state index is 0.823. The van der Waals surface area contributed by atoms with E-state index in [9.17, 15) is 0 Å². The van der Waals surface area contributed by atoms with Gasteiger partial charge in [-0.25, -0.2) is 0 Å². The van der Waals surface area contributed by atoms with Gasteiger partial charge in [-0.3, -0.25) is 5.32 Å². The summed E-state index contributed by atoms with van der Waals surface area (Å²) >= 11 is 1.61. The number of methoxy groups -OCH3 is 1. The van der Waals surface area contributed by atoms with Crippen LogP contribution in [0.5, 0.6) is 0 Å². The lowest BCUT2D eigenvalue weighted by Crippen LogP contribution is -1.82. The van der Waals surface area contributed by atoms with Gasteiger partial charge in [-0.05, 0) is 0 Å². The number of ether oxygens (including phenoxy) is 1. The van der Waals surface area contributed by atoms with Crippen molar-refractivity contribution >= 4 is 11.8 Å². The Morgan fingerprint density at radius 3 is 3.14 bits per heavy atom. The van der Waals surface area contributed by atoms with E-state index in [0.717, 1.165) is 11.0 Å². The molecule has 0 aliphatic carbocycles. The molecule has 0 saturated carbocycles. The Morgan fingerprint density at radius 2 is 2.86 bits per heavy atom. The second-order valence-corrected chi connectivity index (χ2v) is 2.06. The highest BCUT2D eigenvalue weighted by Crippen LogP contribution is 2.18. The summed E-state index contributed by atoms with van der Waals surface area (Å²) in [6, 6.07) is 0. The summed E-state index contributed by atoms with van der Waals surface area (Å²) in [5, 5.41) is 4.83. The SMILES string of the molecule is COC1=C[N]CS1. The lowest BCUT2D eigenvalue weighted by Gasteiger charge is -1.91. The van der Waals surface area contributed by atoms with Crippen LogP contribution in [0.2, 0.25) is 0 Å². The maximum Gasteiger partial charge on any atom is 0.172 e. The molecule has 39 valence electrons. The molecule has 0 saturated heterocycles. The lowest BCUT2D eigenvalue weighted by atomic mass is 10.9. The number of hydrogen-bond donors (Lipinski definition) is 0. The summed E-state index contributed by atoms with van der Waals surface area (Å²) < 4.78 is 4.84. The number of hydrogen-bond acceptors (Lipinski definition) is 2. The first-order valence-corrected chi connectivity index (χ1v) is 2.95. The van der Waals surface area contributed by atoms with Crippen LogP contribution in [0.4, 0.5) is 0 Å². The summed E-state index contributed by atoms with van der Waals surface area (Å²) in [4.78, 5) is 0. The molecule has 1 heterocycles. The van der Waals surface area contributed by atoms with Gasteiger partial charge in [0.25, 0.3) is 0 Å². The van der Waals surface area contributed by atoms with Crippen molar-refractivity contribution in [3.05, 3.63) is 11.3 Å². The third kappa shape index (κ3) is 1.03. The standard InChI is InChI=1S/C4H6NOS/c1-6-4-2-5-3-7-4/h2H,3H2,1H3. The minimum Gasteiger partial charge on any atom is -0.489 e. The molecule has 1 aliphatic heterocycles. The van der Waals surface area contributed by atoms with Crippen LogP contribution < -0.4 is 5.32 Å². The van der Waals surface area contributed by atoms with E-state index in [1.54, 1.807) is 25.1 Å². The minimum atomic E-state index is 0.823. The van der Waals surface area contributed by atoms with Crippen LogP contribution >= 0.6 is 11.8 Å². The van der Waals surface area contributed by atoms with Gasteiger partial charge >= 0.3 is 0 Å². The molecule has 0 aromatic rings. The highest BCUT2D eigenvalue weighted by Gasteiger charge is 2.02. The molecule has 0 aromatic heterocycles. The molecule has 3 heteroatoms. The van der Waals surface area contributed by atoms with Crippen LogP contribution in [0.25, 0.3) is 0 Å². The Hall–Kier alpha value is -0.310. The molecule has 1 rings (SSSR count). The summed E-state index contributed by atoms with van der Waals surface area (Å²) in [6.45, 7) is 0. The van der Waals surface area contributed by atoms with Crippen LogP contribution in [0.1, 0.15) is 0 Å². The maximum atomic E-state index is 4.84. The molecule has 0 spiro atoms. The third-order valence-corrected chi connectivity index (χ3v) is 1.51. The average Bonchev–Trinajstić information content (AvgIpc) is 2.14. The van der Waals surface area contributed by atoms with Crippen molar-refractivity contribution in [1.29, 1.82) is 0 Å². The molecule has 0 aromatic carbocycles. The zero-order valence-electron chi connectivity index (χ0n) is 4.05. The zero-order chi connectivity index (χ0) is 5.11. The van der Waals surface area contributed by atoms with Gasteiger partial charge in [-0.15, -0.1) is 0 Å². The van der Waals surface area contributed by atoms with Gasteiger partial charge in [0.15, 0.2) is 5.09 Å². The molecule has 0 bridgehead atoms. The smallest absolute Gasteiger partial charge is 0.172 e. The number of rotatable bonds is 1. The Bertz CT molecular complexity index is 91.7. The first-order chi connectivity index (χ1) is 3.43. The molecule has 1 aliphatic rings. The van der Waals surface area contributed by atoms with Crippen molar-refractivity contribution in [3.8, 4) is 0 Å². The third-order valence-electron chi connectivity index (χ3n) is 0.679. The molecule has 0 amide bonds. The van der Waals surface area contributed by atoms with Gasteiger partial charge in [-0.2, -0.15) is 0 Å². The summed E-state index contributed by atoms with van der Waals surface area (Å²) in [5.74, 6) is 0.823. The Kier molecular flexibility index (Phi) is 1.46. The van der Waals surface area contributed by atoms with E-state index >= 15 is 0 Å². The van der Waals surface area contributed by atoms with Crippen molar-refractivity contribution in [2.24, 2.45) is 0 Å². The predicted molar refractivity (Wildman–Crippen MR) is 29.7 cm³/mol. The molecule has 0 unspecified atom stereocenters. The van der Waals surface area contributed by atoms with Crippen LogP contribution in [0.3, 0.4) is 0 Å². The zero-order valence-corrected chi connectivity index (χ0v) is 4.86. The van der Waals surface area contributed by atoms with E-state index in [1.807, 2.05) is 0 Å². The van der Waals surface area contributed by atoms with Gasteiger partial charge in [-0.1, -0.05) is 11.8 Å². The van der Waals surface area contributed by atoms with E-state index in [-0.39, 0.29) is 0 Å². The van der Waals surface area contributed by atoms with Gasteiger partial charge in [0, 0.05) is 0 Å². The fraction of sp³-hybridized carbons (Fsp3) is 0.500. The van der Waals surface area contributed by atoms with E-state index in [1.165, 1.54) is 0 Å². The molecule has 0 atom stereocenters. The second-order valence-electron chi connectivity index (χ2n) is 1.11. The molecule has 0 N–H and O–H groups in total. The van der Waals surface area contributed by atoms with E-state index in [0.29, 0.717) is 0 Å². The Morgan fingerprint density at radius 1 is 2.00 bits per heavy atom. The van der Waals surface area contributed by atoms with Crippen molar-refractivity contribution in [1.82, 2.24) is 5.32 Å². The molecular weight excluding hydrogens is 110 g/mol. The summed E-state index contributed by atoms with van der Waals surface area (Å²) in [6.07, 6.45) is 1.74. The van der Waals surface area contributed by atoms with Crippen LogP contribution in [-0.4, -0.2) is 13.0 Å². The van der Waals surface area contributed by atoms with Crippen molar-refractivity contribution in [3.63, 3.8) is 0 Å². The number of thioether (sulfide) groups is 1. The van der Waals surface area contributed by atoms with Crippen LogP contribution in [0, 0.1) is 0 Å². The first-order valence-electron chi connectivity index (χ1n) is 1.97. The number of nitrogens with zero attached hydrogens (tertiary/aromatic N) is 1. The van der Waals surface area contributed by atoms with Crippen LogP contribution in [-0.2, 0) is 4.74 Å². The molecule has 0 fully saturated rings. The first kappa shape index (κ1) is 4.84. The monoisotopic (exact) mass is 116 g/mol. The van der Waals surface area contributed by atoms with Crippen molar-refractivity contribution in [2.45, 2.75) is 0 Å². The van der Waals surface area contributed by atoms with E-state index in [2.05, 4.69) is 5.32 Å². The molecular formula is C4H6NOS. The quantitative estimate of drug-likeness (QED) is 0.504. The second kappa shape index (κ2) is 2.12. The fourth-order valence-corrected chi connectivity index (χ4v) is 0.905. The fourth-order valence-electron chi connectivity index (χ4n) is 0.362. The van der Waals surface area contributed by atoms with Gasteiger partial charge < -0.3 is 4.74 Å². The summed E-state index contributed by atoms with van der Waals surface area (Å²) in [5.41, 5.74) is 0. The Labute approximate surface area is 46.9 Å². The largest absolute Gasteiger partial charge is 0.489 e. The van der Waals surface area contributed by atoms with E-state index in [4.69, 9.17) is 4.74 Å². The maximum absolute atomic E-state index is 4.84. The predicted octanol–water partition coefficient (Wildman–Crippen LogP) is 0.740. The molecule has 7 heavy (non-hydrogen) atoms. The van der Waals surface area contributed by atoms with Gasteiger partial charge in [0.05, 0.1) is 19.2 Å². The van der Waals surface area contributed by atoms with E-state index < -0.39 is 0 Å². The average molecular weight is 116 g/mol. The summed E-state index contributed by atoms with van der Waals surface area (Å²) in [7, 11) is 1.65. The van der Waals surface area contributed by atoms with Crippen LogP contribution in [0.15, 0.2) is 11.3 Å². The normalized spacial score (nSPS) is 18.1. The van der Waals surface area contributed by atoms with Crippen molar-refractivity contribution < 1.29 is 4.74 Å². The Balaban J connectivity index is 2.36. The lowest BCUT2D eigenvalue weighted by molar-refractivity contribution is 0.324. The highest BCUT2D eigenvalue weighted by molar-refractivity contribution is 8.03.